The van der Waals surface area contributed by atoms with Crippen LogP contribution in [0.2, 0.25) is 20.1 Å². The monoisotopic (exact) mass is 897 g/mol. The van der Waals surface area contributed by atoms with Gasteiger partial charge in [0.1, 0.15) is 17.9 Å². The van der Waals surface area contributed by atoms with Crippen molar-refractivity contribution in [3.8, 4) is 0 Å². The van der Waals surface area contributed by atoms with Crippen LogP contribution in [-0.2, 0) is 28.5 Å². The first-order valence-electron chi connectivity index (χ1n) is 17.6. The number of hydrogen-bond acceptors (Lipinski definition) is 9. The van der Waals surface area contributed by atoms with Gasteiger partial charge in [-0.05, 0) is 92.5 Å². The Hall–Kier alpha value is -2.82. The lowest BCUT2D eigenvalue weighted by Crippen LogP contribution is -2.44. The van der Waals surface area contributed by atoms with E-state index in [1.807, 2.05) is 0 Å². The summed E-state index contributed by atoms with van der Waals surface area (Å²) in [4.78, 5) is 30.9. The normalized spacial score (nSPS) is 23.3. The number of nitrogens with zero attached hydrogens (tertiary/aromatic N) is 5. The molecule has 0 bridgehead atoms. The van der Waals surface area contributed by atoms with Crippen LogP contribution in [0.3, 0.4) is 0 Å². The number of carbonyl (C=O) groups excluding carboxylic acids is 1. The van der Waals surface area contributed by atoms with E-state index in [4.69, 9.17) is 51.2 Å². The number of aromatic nitrogens is 2. The van der Waals surface area contributed by atoms with E-state index in [9.17, 15) is 31.1 Å². The molecule has 2 aromatic carbocycles. The van der Waals surface area contributed by atoms with E-state index in [1.165, 1.54) is 66.2 Å². The summed E-state index contributed by atoms with van der Waals surface area (Å²) < 4.78 is 85.3. The summed E-state index contributed by atoms with van der Waals surface area (Å²) in [7, 11) is 1.48. The maximum atomic E-state index is 14.3. The average molecular weight is 900 g/mol. The van der Waals surface area contributed by atoms with Crippen molar-refractivity contribution in [1.82, 2.24) is 9.97 Å². The number of benzene rings is 2. The Morgan fingerprint density at radius 2 is 1.11 bits per heavy atom. The summed E-state index contributed by atoms with van der Waals surface area (Å²) >= 11 is 26.5. The lowest BCUT2D eigenvalue weighted by molar-refractivity contribution is -0.185. The molecule has 4 aromatic rings. The number of halogens is 10. The first-order valence-corrected chi connectivity index (χ1v) is 20.8. The number of alkyl halides is 6. The molecule has 0 spiro atoms. The summed E-state index contributed by atoms with van der Waals surface area (Å²) in [6.45, 7) is -0.0545. The smallest absolute Gasteiger partial charge is 0.399 e. The third kappa shape index (κ3) is 7.84. The van der Waals surface area contributed by atoms with E-state index in [2.05, 4.69) is 15.1 Å². The molecule has 2 atom stereocenters. The van der Waals surface area contributed by atoms with Gasteiger partial charge in [0, 0.05) is 52.7 Å². The van der Waals surface area contributed by atoms with Crippen LogP contribution >= 0.6 is 69.1 Å². The standard InChI is InChI=1S/C19H18Cl2F3N3OS.C18H15Cl2F3N2OS/c1-28-26-15-4-2-3-14-16(15)29-17(25-14)27-6-5-18(10-27,19(22,23)24)11-7-12(20)9-13(21)8-11;19-11-6-10(7-12(20)8-11)17(18(21,22)23)4-5-25(9-17)16-24-13-2-1-3-14(26)15(13)27-16/h7-9H,2-6,10H2,1H3;6-8H,1-5,9H2. The zero-order valence-electron chi connectivity index (χ0n) is 29.6. The van der Waals surface area contributed by atoms with Crippen molar-refractivity contribution < 1.29 is 36.0 Å². The second kappa shape index (κ2) is 15.7. The first-order chi connectivity index (χ1) is 26.4. The Morgan fingerprint density at radius 1 is 0.679 bits per heavy atom. The maximum absolute atomic E-state index is 14.3. The molecule has 4 aliphatic rings. The minimum atomic E-state index is -4.47. The molecule has 7 nitrogen and oxygen atoms in total. The molecule has 8 rings (SSSR count). The Labute approximate surface area is 346 Å². The number of rotatable bonds is 5. The molecule has 2 aliphatic heterocycles. The summed E-state index contributed by atoms with van der Waals surface area (Å²) in [5, 5.41) is 5.86. The average Bonchev–Trinajstić information content (AvgIpc) is 3.92. The van der Waals surface area contributed by atoms with Crippen LogP contribution < -0.4 is 9.80 Å². The van der Waals surface area contributed by atoms with Crippen molar-refractivity contribution in [2.45, 2.75) is 74.5 Å². The quantitative estimate of drug-likeness (QED) is 0.147. The molecule has 0 saturated carbocycles. The van der Waals surface area contributed by atoms with Crippen LogP contribution in [0, 0.1) is 0 Å². The number of hydrogen-bond donors (Lipinski definition) is 0. The predicted molar refractivity (Wildman–Crippen MR) is 210 cm³/mol. The van der Waals surface area contributed by atoms with E-state index in [-0.39, 0.29) is 76.0 Å². The molecule has 2 unspecified atom stereocenters. The van der Waals surface area contributed by atoms with E-state index >= 15 is 0 Å². The van der Waals surface area contributed by atoms with E-state index in [0.717, 1.165) is 42.0 Å². The van der Waals surface area contributed by atoms with Crippen molar-refractivity contribution in [3.05, 3.63) is 88.8 Å². The summed E-state index contributed by atoms with van der Waals surface area (Å²) in [6, 6.07) is 8.25. The molecule has 19 heteroatoms. The Balaban J connectivity index is 0.000000172. The molecule has 2 fully saturated rings. The number of Topliss-reactive ketones (excluding diaryl/α,β-unsaturated/α-hetero) is 1. The largest absolute Gasteiger partial charge is 0.400 e. The zero-order valence-corrected chi connectivity index (χ0v) is 34.3. The first kappa shape index (κ1) is 41.3. The number of anilines is 2. The topological polar surface area (TPSA) is 70.9 Å². The Bertz CT molecular complexity index is 2140. The van der Waals surface area contributed by atoms with Gasteiger partial charge in [0.2, 0.25) is 0 Å². The molecule has 56 heavy (non-hydrogen) atoms. The summed E-state index contributed by atoms with van der Waals surface area (Å²) in [5.41, 5.74) is -1.57. The van der Waals surface area contributed by atoms with Gasteiger partial charge in [-0.2, -0.15) is 26.3 Å². The third-order valence-corrected chi connectivity index (χ3v) is 14.0. The fraction of sp³-hybridized carbons (Fsp3) is 0.459. The van der Waals surface area contributed by atoms with Crippen LogP contribution in [0.1, 0.15) is 75.6 Å². The number of thiazole rings is 2. The van der Waals surface area contributed by atoms with Gasteiger partial charge >= 0.3 is 12.4 Å². The molecular weight excluding hydrogens is 866 g/mol. The van der Waals surface area contributed by atoms with Gasteiger partial charge in [0.25, 0.3) is 0 Å². The van der Waals surface area contributed by atoms with Crippen molar-refractivity contribution >= 4 is 90.8 Å². The highest BCUT2D eigenvalue weighted by atomic mass is 35.5. The molecule has 300 valence electrons. The minimum Gasteiger partial charge on any atom is -0.399 e. The zero-order chi connectivity index (χ0) is 40.2. The second-order valence-corrected chi connectivity index (χ2v) is 17.9. The molecular formula is C37H33Cl4F6N5O2S2. The molecule has 2 saturated heterocycles. The molecule has 0 N–H and O–H groups in total. The second-order valence-electron chi connectivity index (χ2n) is 14.2. The lowest BCUT2D eigenvalue weighted by atomic mass is 9.79. The van der Waals surface area contributed by atoms with Crippen molar-refractivity contribution in [1.29, 1.82) is 0 Å². The van der Waals surface area contributed by atoms with E-state index in [1.54, 1.807) is 9.80 Å². The molecule has 0 amide bonds. The van der Waals surface area contributed by atoms with Crippen LogP contribution in [0.25, 0.3) is 0 Å². The van der Waals surface area contributed by atoms with Gasteiger partial charge in [-0.3, -0.25) is 4.79 Å². The van der Waals surface area contributed by atoms with E-state index in [0.29, 0.717) is 33.7 Å². The van der Waals surface area contributed by atoms with Crippen LogP contribution in [-0.4, -0.2) is 67.1 Å². The van der Waals surface area contributed by atoms with Gasteiger partial charge in [0.05, 0.1) is 26.9 Å². The highest BCUT2D eigenvalue weighted by Crippen LogP contribution is 2.52. The molecule has 2 aromatic heterocycles. The number of ketones is 1. The van der Waals surface area contributed by atoms with Crippen molar-refractivity contribution in [2.24, 2.45) is 5.16 Å². The lowest BCUT2D eigenvalue weighted by Gasteiger charge is -2.32. The van der Waals surface area contributed by atoms with Crippen molar-refractivity contribution in [2.75, 3.05) is 43.1 Å². The predicted octanol–water partition coefficient (Wildman–Crippen LogP) is 11.5. The fourth-order valence-electron chi connectivity index (χ4n) is 7.86. The Kier molecular flexibility index (Phi) is 11.6. The highest BCUT2D eigenvalue weighted by Gasteiger charge is 2.61. The summed E-state index contributed by atoms with van der Waals surface area (Å²) in [5.74, 6) is 0.0305. The van der Waals surface area contributed by atoms with Gasteiger partial charge < -0.3 is 14.6 Å². The van der Waals surface area contributed by atoms with Gasteiger partial charge in [-0.1, -0.05) is 74.2 Å². The van der Waals surface area contributed by atoms with Crippen LogP contribution in [0.15, 0.2) is 41.6 Å². The number of carbonyl (C=O) groups is 1. The Morgan fingerprint density at radius 3 is 1.54 bits per heavy atom. The summed E-state index contributed by atoms with van der Waals surface area (Å²) in [6.07, 6.45) is -4.76. The van der Waals surface area contributed by atoms with Crippen molar-refractivity contribution in [3.63, 3.8) is 0 Å². The maximum Gasteiger partial charge on any atom is 0.400 e. The SMILES string of the molecule is CON=C1CCCc2nc(N3CCC(c4cc(Cl)cc(Cl)c4)(C(F)(F)F)C3)sc21.O=C1CCCc2nc(N3CCC(c4cc(Cl)cc(Cl)c4)(C(F)(F)F)C3)sc21. The fourth-order valence-corrected chi connectivity index (χ4v) is 11.2. The molecule has 4 heterocycles. The number of aryl methyl sites for hydroxylation is 2. The third-order valence-electron chi connectivity index (χ3n) is 10.7. The number of oxime groups is 1. The van der Waals surface area contributed by atoms with Crippen LogP contribution in [0.4, 0.5) is 36.6 Å². The number of fused-ring (bicyclic) bond motifs is 2. The molecule has 0 radical (unpaired) electrons. The van der Waals surface area contributed by atoms with Gasteiger partial charge in [-0.15, -0.1) is 0 Å². The minimum absolute atomic E-state index is 0.0305. The van der Waals surface area contributed by atoms with E-state index < -0.39 is 23.2 Å². The highest BCUT2D eigenvalue weighted by molar-refractivity contribution is 7.18. The van der Waals surface area contributed by atoms with Gasteiger partial charge in [0.15, 0.2) is 16.0 Å². The van der Waals surface area contributed by atoms with Gasteiger partial charge in [-0.25, -0.2) is 9.97 Å². The molecule has 2 aliphatic carbocycles. The van der Waals surface area contributed by atoms with Crippen LogP contribution in [0.5, 0.6) is 0 Å².